The van der Waals surface area contributed by atoms with Crippen LogP contribution < -0.4 is 0 Å². The van der Waals surface area contributed by atoms with Crippen LogP contribution in [0.4, 0.5) is 4.39 Å². The van der Waals surface area contributed by atoms with E-state index in [1.165, 1.54) is 12.1 Å². The van der Waals surface area contributed by atoms with Crippen LogP contribution in [0.3, 0.4) is 0 Å². The summed E-state index contributed by atoms with van der Waals surface area (Å²) in [4.78, 5) is 0. The highest BCUT2D eigenvalue weighted by Gasteiger charge is 2.07. The van der Waals surface area contributed by atoms with Crippen LogP contribution in [0.5, 0.6) is 0 Å². The van der Waals surface area contributed by atoms with Crippen molar-refractivity contribution < 1.29 is 9.13 Å². The first kappa shape index (κ1) is 13.3. The minimum atomic E-state index is -0.498. The molecule has 0 radical (unpaired) electrons. The van der Waals surface area contributed by atoms with E-state index in [0.29, 0.717) is 6.61 Å². The molecule has 2 rings (SSSR count). The molecule has 19 heavy (non-hydrogen) atoms. The van der Waals surface area contributed by atoms with Crippen LogP contribution in [0.2, 0.25) is 0 Å². The molecule has 0 saturated carbocycles. The van der Waals surface area contributed by atoms with Crippen molar-refractivity contribution in [1.29, 1.82) is 5.26 Å². The van der Waals surface area contributed by atoms with Gasteiger partial charge in [0.05, 0.1) is 18.3 Å². The molecular formula is C16H14FNO. The minimum absolute atomic E-state index is 0.0446. The Morgan fingerprint density at radius 3 is 2.63 bits per heavy atom. The summed E-state index contributed by atoms with van der Waals surface area (Å²) in [6.45, 7) is 2.31. The Labute approximate surface area is 112 Å². The van der Waals surface area contributed by atoms with E-state index in [2.05, 4.69) is 0 Å². The van der Waals surface area contributed by atoms with Crippen LogP contribution in [-0.4, -0.2) is 0 Å². The van der Waals surface area contributed by atoms with Crippen molar-refractivity contribution in [3.63, 3.8) is 0 Å². The number of ether oxygens (including phenoxy) is 1. The maximum absolute atomic E-state index is 13.2. The quantitative estimate of drug-likeness (QED) is 0.828. The van der Waals surface area contributed by atoms with Crippen LogP contribution in [0.25, 0.3) is 0 Å². The molecule has 2 nitrogen and oxygen atoms in total. The molecule has 2 aromatic rings. The third-order valence-corrected chi connectivity index (χ3v) is 2.92. The van der Waals surface area contributed by atoms with Gasteiger partial charge in [0.1, 0.15) is 11.9 Å². The molecule has 0 bridgehead atoms. The van der Waals surface area contributed by atoms with E-state index in [1.807, 2.05) is 43.3 Å². The molecule has 0 fully saturated rings. The number of hydrogen-bond donors (Lipinski definition) is 0. The molecule has 1 unspecified atom stereocenters. The van der Waals surface area contributed by atoms with Crippen molar-refractivity contribution in [3.8, 4) is 6.07 Å². The lowest BCUT2D eigenvalue weighted by atomic mass is 10.1. The third kappa shape index (κ3) is 3.40. The van der Waals surface area contributed by atoms with Gasteiger partial charge in [-0.1, -0.05) is 36.4 Å². The van der Waals surface area contributed by atoms with Gasteiger partial charge in [-0.25, -0.2) is 4.39 Å². The number of halogens is 1. The van der Waals surface area contributed by atoms with Gasteiger partial charge >= 0.3 is 0 Å². The van der Waals surface area contributed by atoms with Crippen LogP contribution in [-0.2, 0) is 11.3 Å². The molecule has 0 heterocycles. The van der Waals surface area contributed by atoms with Crippen molar-refractivity contribution in [1.82, 2.24) is 0 Å². The molecule has 96 valence electrons. The lowest BCUT2D eigenvalue weighted by Gasteiger charge is -2.13. The standard InChI is InChI=1S/C16H14FNO/c1-12(14-5-3-2-4-6-14)19-11-13-7-8-16(17)15(9-13)10-18/h2-9,12H,11H2,1H3. The third-order valence-electron chi connectivity index (χ3n) is 2.92. The number of nitriles is 1. The SMILES string of the molecule is CC(OCc1ccc(F)c(C#N)c1)c1ccccc1. The molecule has 0 saturated heterocycles. The molecule has 2 aromatic carbocycles. The van der Waals surface area contributed by atoms with E-state index in [4.69, 9.17) is 10.00 Å². The molecular weight excluding hydrogens is 241 g/mol. The summed E-state index contributed by atoms with van der Waals surface area (Å²) in [6, 6.07) is 16.1. The normalized spacial score (nSPS) is 11.8. The lowest BCUT2D eigenvalue weighted by Crippen LogP contribution is -2.01. The summed E-state index contributed by atoms with van der Waals surface area (Å²) in [5, 5.41) is 8.77. The van der Waals surface area contributed by atoms with Gasteiger partial charge in [0.25, 0.3) is 0 Å². The van der Waals surface area contributed by atoms with Gasteiger partial charge < -0.3 is 4.74 Å². The highest BCUT2D eigenvalue weighted by molar-refractivity contribution is 5.34. The van der Waals surface area contributed by atoms with Gasteiger partial charge in [0.15, 0.2) is 0 Å². The summed E-state index contributed by atoms with van der Waals surface area (Å²) in [6.07, 6.45) is -0.0446. The van der Waals surface area contributed by atoms with Gasteiger partial charge in [-0.15, -0.1) is 0 Å². The van der Waals surface area contributed by atoms with E-state index < -0.39 is 5.82 Å². The van der Waals surface area contributed by atoms with Crippen LogP contribution >= 0.6 is 0 Å². The Bertz CT molecular complexity index is 589. The van der Waals surface area contributed by atoms with E-state index >= 15 is 0 Å². The lowest BCUT2D eigenvalue weighted by molar-refractivity contribution is 0.0525. The Kier molecular flexibility index (Phi) is 4.27. The van der Waals surface area contributed by atoms with Crippen LogP contribution in [0.1, 0.15) is 29.7 Å². The number of nitrogens with zero attached hydrogens (tertiary/aromatic N) is 1. The van der Waals surface area contributed by atoms with Gasteiger partial charge in [0, 0.05) is 0 Å². The second-order valence-corrected chi connectivity index (χ2v) is 4.29. The first-order valence-electron chi connectivity index (χ1n) is 6.06. The van der Waals surface area contributed by atoms with Crippen molar-refractivity contribution in [2.45, 2.75) is 19.6 Å². The van der Waals surface area contributed by atoms with E-state index in [9.17, 15) is 4.39 Å². The summed E-state index contributed by atoms with van der Waals surface area (Å²) in [5.41, 5.74) is 1.93. The number of benzene rings is 2. The van der Waals surface area contributed by atoms with Crippen molar-refractivity contribution >= 4 is 0 Å². The predicted octanol–water partition coefficient (Wildman–Crippen LogP) is 3.98. The molecule has 1 atom stereocenters. The zero-order valence-corrected chi connectivity index (χ0v) is 10.6. The van der Waals surface area contributed by atoms with Gasteiger partial charge in [-0.3, -0.25) is 0 Å². The molecule has 0 amide bonds. The van der Waals surface area contributed by atoms with Crippen molar-refractivity contribution in [2.75, 3.05) is 0 Å². The second-order valence-electron chi connectivity index (χ2n) is 4.29. The predicted molar refractivity (Wildman–Crippen MR) is 70.8 cm³/mol. The first-order valence-corrected chi connectivity index (χ1v) is 6.06. The molecule has 0 aliphatic rings. The highest BCUT2D eigenvalue weighted by Crippen LogP contribution is 2.19. The van der Waals surface area contributed by atoms with Gasteiger partial charge in [-0.05, 0) is 30.2 Å². The average Bonchev–Trinajstić information content (AvgIpc) is 2.47. The second kappa shape index (κ2) is 6.12. The molecule has 0 spiro atoms. The Balaban J connectivity index is 2.01. The van der Waals surface area contributed by atoms with E-state index in [0.717, 1.165) is 11.1 Å². The maximum Gasteiger partial charge on any atom is 0.140 e. The Hall–Kier alpha value is -2.18. The fourth-order valence-corrected chi connectivity index (χ4v) is 1.79. The zero-order chi connectivity index (χ0) is 13.7. The minimum Gasteiger partial charge on any atom is -0.369 e. The fraction of sp³-hybridized carbons (Fsp3) is 0.188. The van der Waals surface area contributed by atoms with Gasteiger partial charge in [0.2, 0.25) is 0 Å². The number of hydrogen-bond acceptors (Lipinski definition) is 2. The average molecular weight is 255 g/mol. The maximum atomic E-state index is 13.2. The van der Waals surface area contributed by atoms with E-state index in [-0.39, 0.29) is 11.7 Å². The molecule has 0 aliphatic heterocycles. The fourth-order valence-electron chi connectivity index (χ4n) is 1.79. The number of rotatable bonds is 4. The topological polar surface area (TPSA) is 33.0 Å². The summed E-state index contributed by atoms with van der Waals surface area (Å²) in [5.74, 6) is -0.498. The summed E-state index contributed by atoms with van der Waals surface area (Å²) in [7, 11) is 0. The first-order chi connectivity index (χ1) is 9.20. The van der Waals surface area contributed by atoms with Crippen molar-refractivity contribution in [2.24, 2.45) is 0 Å². The zero-order valence-electron chi connectivity index (χ0n) is 10.6. The Morgan fingerprint density at radius 1 is 1.21 bits per heavy atom. The summed E-state index contributed by atoms with van der Waals surface area (Å²) < 4.78 is 18.9. The van der Waals surface area contributed by atoms with Crippen molar-refractivity contribution in [3.05, 3.63) is 71.0 Å². The smallest absolute Gasteiger partial charge is 0.140 e. The monoisotopic (exact) mass is 255 g/mol. The molecule has 0 N–H and O–H groups in total. The van der Waals surface area contributed by atoms with Crippen LogP contribution in [0.15, 0.2) is 48.5 Å². The molecule has 0 aromatic heterocycles. The van der Waals surface area contributed by atoms with E-state index in [1.54, 1.807) is 6.07 Å². The molecule has 0 aliphatic carbocycles. The highest BCUT2D eigenvalue weighted by atomic mass is 19.1. The van der Waals surface area contributed by atoms with Crippen LogP contribution in [0, 0.1) is 17.1 Å². The molecule has 3 heteroatoms. The summed E-state index contributed by atoms with van der Waals surface area (Å²) >= 11 is 0. The largest absolute Gasteiger partial charge is 0.369 e. The Morgan fingerprint density at radius 2 is 1.95 bits per heavy atom. The van der Waals surface area contributed by atoms with Gasteiger partial charge in [-0.2, -0.15) is 5.26 Å².